The first-order valence-corrected chi connectivity index (χ1v) is 20.5. The van der Waals surface area contributed by atoms with Gasteiger partial charge >= 0.3 is 6.03 Å². The highest BCUT2D eigenvalue weighted by atomic mass is 32.2. The highest BCUT2D eigenvalue weighted by molar-refractivity contribution is 7.89. The molecular weight excluding hydrogens is 679 g/mol. The van der Waals surface area contributed by atoms with Crippen molar-refractivity contribution < 1.29 is 32.4 Å². The zero-order valence-electron chi connectivity index (χ0n) is 30.3. The third-order valence-corrected chi connectivity index (χ3v) is 14.8. The van der Waals surface area contributed by atoms with Crippen LogP contribution in [-0.4, -0.2) is 78.2 Å². The molecule has 1 aromatic heterocycles. The Kier molecular flexibility index (Phi) is 11.2. The van der Waals surface area contributed by atoms with E-state index in [2.05, 4.69) is 24.5 Å². The van der Waals surface area contributed by atoms with Gasteiger partial charge in [0.15, 0.2) is 5.78 Å². The lowest BCUT2D eigenvalue weighted by Gasteiger charge is -2.38. The highest BCUT2D eigenvalue weighted by Crippen LogP contribution is 2.65. The van der Waals surface area contributed by atoms with Gasteiger partial charge in [-0.3, -0.25) is 19.2 Å². The molecule has 0 spiro atoms. The lowest BCUT2D eigenvalue weighted by molar-refractivity contribution is -0.144. The van der Waals surface area contributed by atoms with Crippen LogP contribution in [0.2, 0.25) is 0 Å². The summed E-state index contributed by atoms with van der Waals surface area (Å²) in [7, 11) is -3.68. The first-order valence-electron chi connectivity index (χ1n) is 18.2. The van der Waals surface area contributed by atoms with Gasteiger partial charge in [0.05, 0.1) is 10.9 Å². The molecule has 1 aromatic rings. The van der Waals surface area contributed by atoms with Crippen LogP contribution in [0.25, 0.3) is 0 Å². The number of rotatable bonds is 14. The number of fused-ring (bicyclic) bond motifs is 2. The Morgan fingerprint density at radius 1 is 1.08 bits per heavy atom. The average molecular weight is 734 g/mol. The van der Waals surface area contributed by atoms with E-state index < -0.39 is 57.2 Å². The Labute approximate surface area is 300 Å². The molecular formula is C36H55N5O7S2. The second-order valence-electron chi connectivity index (χ2n) is 16.5. The molecule has 3 fully saturated rings. The smallest absolute Gasteiger partial charge is 0.315 e. The molecule has 6 atom stereocenters. The Morgan fingerprint density at radius 2 is 1.76 bits per heavy atom. The Morgan fingerprint density at radius 3 is 2.36 bits per heavy atom. The van der Waals surface area contributed by atoms with Gasteiger partial charge in [0, 0.05) is 42.9 Å². The number of carbonyl (C=O) groups is 5. The number of amides is 4. The van der Waals surface area contributed by atoms with Crippen molar-refractivity contribution in [2.75, 3.05) is 13.1 Å². The number of sulfonamides is 1. The predicted octanol–water partition coefficient (Wildman–Crippen LogP) is 4.22. The minimum absolute atomic E-state index is 0.0764. The molecule has 14 heteroatoms. The summed E-state index contributed by atoms with van der Waals surface area (Å²) in [5, 5.41) is 7.79. The van der Waals surface area contributed by atoms with E-state index in [0.717, 1.165) is 43.4 Å². The van der Waals surface area contributed by atoms with Crippen molar-refractivity contribution in [3.8, 4) is 0 Å². The van der Waals surface area contributed by atoms with Crippen LogP contribution in [0.4, 0.5) is 4.79 Å². The van der Waals surface area contributed by atoms with Crippen molar-refractivity contribution in [1.82, 2.24) is 19.8 Å². The molecule has 12 nitrogen and oxygen atoms in total. The van der Waals surface area contributed by atoms with Gasteiger partial charge in [0.1, 0.15) is 6.04 Å². The van der Waals surface area contributed by atoms with Crippen LogP contribution >= 0.6 is 11.3 Å². The zero-order valence-corrected chi connectivity index (χ0v) is 32.0. The number of hydrogen-bond acceptors (Lipinski definition) is 8. The Bertz CT molecular complexity index is 1590. The number of nitrogens with two attached hydrogens (primary N) is 1. The highest BCUT2D eigenvalue weighted by Gasteiger charge is 2.69. The normalized spacial score (nSPS) is 26.0. The molecule has 4 N–H and O–H groups in total. The number of primary amides is 1. The molecule has 2 saturated carbocycles. The number of carbonyl (C=O) groups excluding carboxylic acids is 5. The Balaban J connectivity index is 1.35. The van der Waals surface area contributed by atoms with Crippen LogP contribution in [0.5, 0.6) is 0 Å². The number of likely N-dealkylation sites (tertiary alicyclic amines) is 1. The molecule has 5 rings (SSSR count). The molecule has 0 radical (unpaired) electrons. The summed E-state index contributed by atoms with van der Waals surface area (Å²) >= 11 is 1.40. The van der Waals surface area contributed by atoms with Crippen molar-refractivity contribution in [2.45, 2.75) is 129 Å². The molecule has 0 bridgehead atoms. The maximum absolute atomic E-state index is 14.6. The van der Waals surface area contributed by atoms with E-state index in [1.54, 1.807) is 16.3 Å². The number of nitrogens with zero attached hydrogens (tertiary/aromatic N) is 2. The quantitative estimate of drug-likeness (QED) is 0.240. The van der Waals surface area contributed by atoms with E-state index >= 15 is 0 Å². The van der Waals surface area contributed by atoms with Gasteiger partial charge in [-0.2, -0.15) is 4.31 Å². The number of nitrogens with one attached hydrogen (secondary N) is 2. The van der Waals surface area contributed by atoms with Gasteiger partial charge in [-0.05, 0) is 59.3 Å². The number of hydrogen-bond donors (Lipinski definition) is 3. The van der Waals surface area contributed by atoms with E-state index in [-0.39, 0.29) is 54.4 Å². The summed E-state index contributed by atoms with van der Waals surface area (Å²) in [6.07, 6.45) is 6.07. The molecule has 1 saturated heterocycles. The third kappa shape index (κ3) is 7.67. The van der Waals surface area contributed by atoms with Gasteiger partial charge in [0.25, 0.3) is 5.91 Å². The molecule has 4 amide bonds. The van der Waals surface area contributed by atoms with Gasteiger partial charge in [-0.25, -0.2) is 13.2 Å². The SMILES string of the molecule is CCCCC(CC(=O)[C@@H]1[C@@H]2[C@H](CN1C(=O)[C@@H](NC(=O)N[C@H](CN1Cc3sccc3S1(=O)=O)C(C)(C)C)C1CCCCC1)C2(C)C)C(=O)C(N)=O. The maximum Gasteiger partial charge on any atom is 0.315 e. The number of unbranched alkanes of at least 4 members (excludes halogenated alkanes) is 1. The fraction of sp³-hybridized carbons (Fsp3) is 0.750. The Hall–Kier alpha value is -2.84. The summed E-state index contributed by atoms with van der Waals surface area (Å²) < 4.78 is 27.9. The van der Waals surface area contributed by atoms with Crippen molar-refractivity contribution in [3.05, 3.63) is 16.3 Å². The van der Waals surface area contributed by atoms with E-state index in [1.807, 2.05) is 27.7 Å². The first kappa shape index (κ1) is 38.4. The fourth-order valence-electron chi connectivity index (χ4n) is 8.55. The molecule has 278 valence electrons. The number of ketones is 2. The van der Waals surface area contributed by atoms with Crippen molar-refractivity contribution in [3.63, 3.8) is 0 Å². The molecule has 2 aliphatic heterocycles. The summed E-state index contributed by atoms with van der Waals surface area (Å²) in [6, 6.07) is -1.14. The number of urea groups is 1. The van der Waals surface area contributed by atoms with Crippen LogP contribution in [0.3, 0.4) is 0 Å². The zero-order chi connectivity index (χ0) is 36.8. The standard InChI is InChI=1S/C36H55N5O7S2/c1-7-8-12-22(31(43)32(37)44)17-24(42)30-28-23(36(28,5)6)18-41(30)33(45)29(21-13-10-9-11-14-21)39-34(46)38-27(35(2,3)4)20-40-19-25-26(15-16-49-25)50(40,47)48/h15-16,21-23,27-30H,7-14,17-20H2,1-6H3,(H2,37,44)(H2,38,39,46)/t22?,23-,27+,28-,29-,30+/m0/s1. The van der Waals surface area contributed by atoms with E-state index in [0.29, 0.717) is 24.3 Å². The lowest BCUT2D eigenvalue weighted by Crippen LogP contribution is -2.60. The molecule has 4 aliphatic rings. The van der Waals surface area contributed by atoms with Gasteiger partial charge in [0.2, 0.25) is 21.7 Å². The maximum atomic E-state index is 14.6. The lowest BCUT2D eigenvalue weighted by atomic mass is 9.82. The molecule has 3 heterocycles. The number of Topliss-reactive ketones (excluding diaryl/α,β-unsaturated/α-hetero) is 2. The van der Waals surface area contributed by atoms with E-state index in [1.165, 1.54) is 15.6 Å². The first-order chi connectivity index (χ1) is 23.4. The van der Waals surface area contributed by atoms with Gasteiger partial charge in [-0.1, -0.05) is 73.6 Å². The minimum atomic E-state index is -3.68. The van der Waals surface area contributed by atoms with Crippen LogP contribution in [0.15, 0.2) is 16.3 Å². The second kappa shape index (κ2) is 14.7. The minimum Gasteiger partial charge on any atom is -0.363 e. The van der Waals surface area contributed by atoms with E-state index in [4.69, 9.17) is 5.73 Å². The fourth-order valence-corrected chi connectivity index (χ4v) is 11.5. The second-order valence-corrected chi connectivity index (χ2v) is 19.5. The van der Waals surface area contributed by atoms with Crippen molar-refractivity contribution in [2.24, 2.45) is 40.2 Å². The number of piperidine rings is 1. The topological polar surface area (TPSA) is 176 Å². The molecule has 0 aromatic carbocycles. The summed E-state index contributed by atoms with van der Waals surface area (Å²) in [6.45, 7) is 12.7. The van der Waals surface area contributed by atoms with Crippen LogP contribution < -0.4 is 16.4 Å². The van der Waals surface area contributed by atoms with Crippen molar-refractivity contribution in [1.29, 1.82) is 0 Å². The predicted molar refractivity (Wildman–Crippen MR) is 190 cm³/mol. The third-order valence-electron chi connectivity index (χ3n) is 11.8. The largest absolute Gasteiger partial charge is 0.363 e. The summed E-state index contributed by atoms with van der Waals surface area (Å²) in [4.78, 5) is 69.8. The summed E-state index contributed by atoms with van der Waals surface area (Å²) in [5.74, 6) is -3.27. The molecule has 2 aliphatic carbocycles. The average Bonchev–Trinajstić information content (AvgIpc) is 3.50. The summed E-state index contributed by atoms with van der Waals surface area (Å²) in [5.41, 5.74) is 4.68. The van der Waals surface area contributed by atoms with Crippen LogP contribution in [-0.2, 0) is 35.7 Å². The molecule has 50 heavy (non-hydrogen) atoms. The molecule has 1 unspecified atom stereocenters. The van der Waals surface area contributed by atoms with Gasteiger partial charge in [-0.15, -0.1) is 11.3 Å². The number of thiophene rings is 1. The van der Waals surface area contributed by atoms with Crippen LogP contribution in [0.1, 0.15) is 104 Å². The van der Waals surface area contributed by atoms with Gasteiger partial charge < -0.3 is 21.3 Å². The van der Waals surface area contributed by atoms with E-state index in [9.17, 15) is 32.4 Å². The van der Waals surface area contributed by atoms with Crippen LogP contribution in [0, 0.1) is 34.5 Å². The monoisotopic (exact) mass is 733 g/mol. The van der Waals surface area contributed by atoms with Crippen molar-refractivity contribution >= 4 is 50.8 Å².